The van der Waals surface area contributed by atoms with Crippen LogP contribution in [0, 0.1) is 0 Å². The maximum absolute atomic E-state index is 12.0. The van der Waals surface area contributed by atoms with Gasteiger partial charge in [-0.2, -0.15) is 0 Å². The summed E-state index contributed by atoms with van der Waals surface area (Å²) < 4.78 is 0. The zero-order valence-electron chi connectivity index (χ0n) is 11.0. The van der Waals surface area contributed by atoms with Gasteiger partial charge in [0.2, 0.25) is 5.91 Å². The smallest absolute Gasteiger partial charge is 0.220 e. The summed E-state index contributed by atoms with van der Waals surface area (Å²) in [5.74, 6) is 0.0101. The summed E-state index contributed by atoms with van der Waals surface area (Å²) in [5, 5.41) is 13.2. The fourth-order valence-electron chi connectivity index (χ4n) is 2.68. The van der Waals surface area contributed by atoms with Gasteiger partial charge < -0.3 is 10.4 Å². The molecule has 1 aromatic rings. The highest BCUT2D eigenvalue weighted by molar-refractivity contribution is 6.30. The summed E-state index contributed by atoms with van der Waals surface area (Å²) >= 11 is 5.91. The first-order valence-corrected chi connectivity index (χ1v) is 7.18. The number of hydrogen-bond acceptors (Lipinski definition) is 2. The zero-order valence-corrected chi connectivity index (χ0v) is 11.7. The van der Waals surface area contributed by atoms with Gasteiger partial charge in [0.1, 0.15) is 0 Å². The Kier molecular flexibility index (Phi) is 4.83. The van der Waals surface area contributed by atoms with Crippen molar-refractivity contribution in [3.8, 4) is 0 Å². The Hall–Kier alpha value is -1.06. The number of carbonyl (C=O) groups excluding carboxylic acids is 1. The Morgan fingerprint density at radius 1 is 1.37 bits per heavy atom. The second kappa shape index (κ2) is 6.40. The molecular weight excluding hydrogens is 262 g/mol. The van der Waals surface area contributed by atoms with Gasteiger partial charge in [0.25, 0.3) is 0 Å². The second-order valence-corrected chi connectivity index (χ2v) is 5.76. The van der Waals surface area contributed by atoms with Gasteiger partial charge in [-0.1, -0.05) is 36.6 Å². The second-order valence-electron chi connectivity index (χ2n) is 5.32. The number of carbonyl (C=O) groups is 1. The van der Waals surface area contributed by atoms with Crippen LogP contribution in [0.1, 0.15) is 37.7 Å². The van der Waals surface area contributed by atoms with E-state index in [2.05, 4.69) is 5.32 Å². The molecule has 19 heavy (non-hydrogen) atoms. The zero-order chi connectivity index (χ0) is 13.7. The number of amides is 1. The highest BCUT2D eigenvalue weighted by atomic mass is 35.5. The van der Waals surface area contributed by atoms with Crippen molar-refractivity contribution in [2.45, 2.75) is 44.1 Å². The number of aliphatic hydroxyl groups is 1. The SMILES string of the molecule is O=C(CCc1cccc(Cl)c1)NC1(CO)CCCC1. The monoisotopic (exact) mass is 281 g/mol. The Balaban J connectivity index is 1.84. The van der Waals surface area contributed by atoms with E-state index in [0.29, 0.717) is 17.9 Å². The Labute approximate surface area is 119 Å². The van der Waals surface area contributed by atoms with E-state index in [-0.39, 0.29) is 18.1 Å². The maximum atomic E-state index is 12.0. The molecule has 1 aliphatic carbocycles. The van der Waals surface area contributed by atoms with E-state index >= 15 is 0 Å². The van der Waals surface area contributed by atoms with Gasteiger partial charge in [-0.05, 0) is 37.0 Å². The quantitative estimate of drug-likeness (QED) is 0.872. The lowest BCUT2D eigenvalue weighted by molar-refractivity contribution is -0.123. The number of aliphatic hydroxyl groups excluding tert-OH is 1. The van der Waals surface area contributed by atoms with E-state index in [4.69, 9.17) is 11.6 Å². The van der Waals surface area contributed by atoms with Gasteiger partial charge in [0.15, 0.2) is 0 Å². The third-order valence-electron chi connectivity index (χ3n) is 3.80. The van der Waals surface area contributed by atoms with E-state index in [1.54, 1.807) is 0 Å². The van der Waals surface area contributed by atoms with Crippen LogP contribution in [0.25, 0.3) is 0 Å². The molecule has 1 saturated carbocycles. The van der Waals surface area contributed by atoms with Crippen LogP contribution in [0.2, 0.25) is 5.02 Å². The van der Waals surface area contributed by atoms with Crippen molar-refractivity contribution in [3.05, 3.63) is 34.9 Å². The van der Waals surface area contributed by atoms with Crippen molar-refractivity contribution in [1.29, 1.82) is 0 Å². The predicted octanol–water partition coefficient (Wildman–Crippen LogP) is 2.69. The summed E-state index contributed by atoms with van der Waals surface area (Å²) in [7, 11) is 0. The molecule has 0 aromatic heterocycles. The third-order valence-corrected chi connectivity index (χ3v) is 4.03. The van der Waals surface area contributed by atoms with Crippen LogP contribution in [-0.2, 0) is 11.2 Å². The standard InChI is InChI=1S/C15H20ClNO2/c16-13-5-3-4-12(10-13)6-7-14(19)17-15(11-18)8-1-2-9-15/h3-5,10,18H,1-2,6-9,11H2,(H,17,19). The number of benzene rings is 1. The van der Waals surface area contributed by atoms with Gasteiger partial charge in [-0.15, -0.1) is 0 Å². The summed E-state index contributed by atoms with van der Waals surface area (Å²) in [5.41, 5.74) is 0.693. The molecule has 1 aromatic carbocycles. The first kappa shape index (κ1) is 14.4. The minimum Gasteiger partial charge on any atom is -0.394 e. The molecule has 2 rings (SSSR count). The Morgan fingerprint density at radius 2 is 2.11 bits per heavy atom. The predicted molar refractivity (Wildman–Crippen MR) is 76.2 cm³/mol. The highest BCUT2D eigenvalue weighted by Crippen LogP contribution is 2.29. The summed E-state index contributed by atoms with van der Waals surface area (Å²) in [6.45, 7) is 0.0376. The van der Waals surface area contributed by atoms with Crippen molar-refractivity contribution in [2.75, 3.05) is 6.61 Å². The van der Waals surface area contributed by atoms with Crippen molar-refractivity contribution in [1.82, 2.24) is 5.32 Å². The van der Waals surface area contributed by atoms with Crippen LogP contribution < -0.4 is 5.32 Å². The summed E-state index contributed by atoms with van der Waals surface area (Å²) in [6.07, 6.45) is 5.03. The van der Waals surface area contributed by atoms with Crippen LogP contribution >= 0.6 is 11.6 Å². The van der Waals surface area contributed by atoms with E-state index in [0.717, 1.165) is 31.2 Å². The lowest BCUT2D eigenvalue weighted by Crippen LogP contribution is -2.49. The summed E-state index contributed by atoms with van der Waals surface area (Å²) in [6, 6.07) is 7.56. The molecule has 0 radical (unpaired) electrons. The largest absolute Gasteiger partial charge is 0.394 e. The van der Waals surface area contributed by atoms with Crippen molar-refractivity contribution in [2.24, 2.45) is 0 Å². The number of halogens is 1. The van der Waals surface area contributed by atoms with Gasteiger partial charge >= 0.3 is 0 Å². The molecule has 3 nitrogen and oxygen atoms in total. The van der Waals surface area contributed by atoms with Gasteiger partial charge in [-0.25, -0.2) is 0 Å². The van der Waals surface area contributed by atoms with Crippen LogP contribution in [0.3, 0.4) is 0 Å². The molecule has 2 N–H and O–H groups in total. The molecule has 1 aliphatic rings. The topological polar surface area (TPSA) is 49.3 Å². The molecule has 0 spiro atoms. The van der Waals surface area contributed by atoms with Crippen molar-refractivity contribution >= 4 is 17.5 Å². The molecule has 0 bridgehead atoms. The number of aryl methyl sites for hydroxylation is 1. The normalized spacial score (nSPS) is 17.4. The molecule has 1 fully saturated rings. The Bertz CT molecular complexity index is 442. The average Bonchev–Trinajstić information content (AvgIpc) is 2.86. The van der Waals surface area contributed by atoms with Crippen molar-refractivity contribution < 1.29 is 9.90 Å². The van der Waals surface area contributed by atoms with Gasteiger partial charge in [-0.3, -0.25) is 4.79 Å². The molecule has 0 saturated heterocycles. The molecule has 104 valence electrons. The lowest BCUT2D eigenvalue weighted by Gasteiger charge is -2.28. The van der Waals surface area contributed by atoms with Crippen molar-refractivity contribution in [3.63, 3.8) is 0 Å². The minimum absolute atomic E-state index is 0.0101. The number of hydrogen-bond donors (Lipinski definition) is 2. The number of rotatable bonds is 5. The fourth-order valence-corrected chi connectivity index (χ4v) is 2.90. The third kappa shape index (κ3) is 3.95. The van der Waals surface area contributed by atoms with Crippen LogP contribution in [0.5, 0.6) is 0 Å². The molecule has 0 aliphatic heterocycles. The molecule has 1 amide bonds. The van der Waals surface area contributed by atoms with E-state index in [9.17, 15) is 9.90 Å². The molecular formula is C15H20ClNO2. The van der Waals surface area contributed by atoms with Crippen LogP contribution in [-0.4, -0.2) is 23.2 Å². The lowest BCUT2D eigenvalue weighted by atomic mass is 9.98. The molecule has 0 atom stereocenters. The molecule has 0 heterocycles. The van der Waals surface area contributed by atoms with Crippen LogP contribution in [0.4, 0.5) is 0 Å². The fraction of sp³-hybridized carbons (Fsp3) is 0.533. The average molecular weight is 282 g/mol. The van der Waals surface area contributed by atoms with E-state index < -0.39 is 0 Å². The molecule has 0 unspecified atom stereocenters. The highest BCUT2D eigenvalue weighted by Gasteiger charge is 2.34. The maximum Gasteiger partial charge on any atom is 0.220 e. The number of nitrogens with one attached hydrogen (secondary N) is 1. The first-order valence-electron chi connectivity index (χ1n) is 6.80. The van der Waals surface area contributed by atoms with Gasteiger partial charge in [0.05, 0.1) is 12.1 Å². The molecule has 4 heteroatoms. The first-order chi connectivity index (χ1) is 9.13. The summed E-state index contributed by atoms with van der Waals surface area (Å²) in [4.78, 5) is 12.0. The van der Waals surface area contributed by atoms with Gasteiger partial charge in [0, 0.05) is 11.4 Å². The Morgan fingerprint density at radius 3 is 2.74 bits per heavy atom. The van der Waals surface area contributed by atoms with E-state index in [1.807, 2.05) is 24.3 Å². The van der Waals surface area contributed by atoms with Crippen LogP contribution in [0.15, 0.2) is 24.3 Å². The minimum atomic E-state index is -0.370. The van der Waals surface area contributed by atoms with E-state index in [1.165, 1.54) is 0 Å².